The molecule has 0 aliphatic heterocycles. The first kappa shape index (κ1) is 20.3. The minimum Gasteiger partial charge on any atom is -0.460 e. The Bertz CT molecular complexity index is 810. The lowest BCUT2D eigenvalue weighted by atomic mass is 10.2. The van der Waals surface area contributed by atoms with E-state index in [-0.39, 0.29) is 18.2 Å². The molecule has 1 N–H and O–H groups in total. The highest BCUT2D eigenvalue weighted by atomic mass is 32.1. The normalized spacial score (nSPS) is 14.4. The number of thiophene rings is 1. The lowest BCUT2D eigenvalue weighted by Crippen LogP contribution is -2.33. The van der Waals surface area contributed by atoms with E-state index in [4.69, 9.17) is 9.26 Å². The molecule has 1 aromatic heterocycles. The molecule has 26 heavy (non-hydrogen) atoms. The number of nitrogens with zero attached hydrogens (tertiary/aromatic N) is 1. The third-order valence-corrected chi connectivity index (χ3v) is 5.77. The highest BCUT2D eigenvalue weighted by Gasteiger charge is 2.25. The van der Waals surface area contributed by atoms with Crippen LogP contribution in [0, 0.1) is 10.1 Å². The van der Waals surface area contributed by atoms with Gasteiger partial charge in [-0.1, -0.05) is 41.7 Å². The van der Waals surface area contributed by atoms with E-state index in [1.165, 1.54) is 19.7 Å². The van der Waals surface area contributed by atoms with Gasteiger partial charge in [0, 0.05) is 17.6 Å². The Morgan fingerprint density at radius 3 is 2.58 bits per heavy atom. The standard InChI is InChI=1S/C16H19N2O6PS/c1-12(16(19)23-10-13-6-4-3-5-7-13)17-25(2,22)24-11-14-8-9-15(26-14)18(20)21/h3-9,12H,10-11H2,1-2H3,(H,17,22)/t12-,25?/m0/s1. The molecule has 140 valence electrons. The van der Waals surface area contributed by atoms with Crippen molar-refractivity contribution in [2.24, 2.45) is 0 Å². The second-order valence-corrected chi connectivity index (χ2v) is 8.92. The van der Waals surface area contributed by atoms with Gasteiger partial charge in [-0.2, -0.15) is 0 Å². The van der Waals surface area contributed by atoms with Crippen LogP contribution < -0.4 is 5.09 Å². The number of hydrogen-bond donors (Lipinski definition) is 1. The first-order chi connectivity index (χ1) is 12.3. The summed E-state index contributed by atoms with van der Waals surface area (Å²) in [7, 11) is -3.29. The highest BCUT2D eigenvalue weighted by Crippen LogP contribution is 2.40. The van der Waals surface area contributed by atoms with Crippen LogP contribution in [0.15, 0.2) is 42.5 Å². The molecule has 0 aliphatic carbocycles. The molecule has 0 amide bonds. The number of hydrogen-bond acceptors (Lipinski definition) is 7. The predicted molar refractivity (Wildman–Crippen MR) is 98.1 cm³/mol. The number of nitro groups is 1. The van der Waals surface area contributed by atoms with Crippen LogP contribution in [0.25, 0.3) is 0 Å². The van der Waals surface area contributed by atoms with Crippen molar-refractivity contribution < 1.29 is 23.5 Å². The smallest absolute Gasteiger partial charge is 0.324 e. The van der Waals surface area contributed by atoms with E-state index in [0.29, 0.717) is 4.88 Å². The van der Waals surface area contributed by atoms with Crippen LogP contribution in [0.5, 0.6) is 0 Å². The number of ether oxygens (including phenoxy) is 1. The van der Waals surface area contributed by atoms with Gasteiger partial charge in [0.25, 0.3) is 7.52 Å². The van der Waals surface area contributed by atoms with Crippen molar-refractivity contribution in [1.29, 1.82) is 0 Å². The largest absolute Gasteiger partial charge is 0.460 e. The third-order valence-electron chi connectivity index (χ3n) is 3.29. The van der Waals surface area contributed by atoms with E-state index >= 15 is 0 Å². The lowest BCUT2D eigenvalue weighted by molar-refractivity contribution is -0.380. The van der Waals surface area contributed by atoms with Crippen molar-refractivity contribution >= 4 is 29.8 Å². The Kier molecular flexibility index (Phi) is 7.05. The van der Waals surface area contributed by atoms with Crippen LogP contribution in [0.2, 0.25) is 0 Å². The number of rotatable bonds is 9. The second kappa shape index (κ2) is 9.05. The summed E-state index contributed by atoms with van der Waals surface area (Å²) in [5.74, 6) is -0.550. The van der Waals surface area contributed by atoms with Crippen molar-refractivity contribution in [3.63, 3.8) is 0 Å². The van der Waals surface area contributed by atoms with Crippen LogP contribution in [0.3, 0.4) is 0 Å². The van der Waals surface area contributed by atoms with Crippen molar-refractivity contribution in [3.8, 4) is 0 Å². The van der Waals surface area contributed by atoms with Crippen molar-refractivity contribution in [2.45, 2.75) is 26.2 Å². The molecule has 8 nitrogen and oxygen atoms in total. The molecule has 0 spiro atoms. The molecule has 0 radical (unpaired) electrons. The summed E-state index contributed by atoms with van der Waals surface area (Å²) in [6.07, 6.45) is 0. The van der Waals surface area contributed by atoms with E-state index in [9.17, 15) is 19.5 Å². The van der Waals surface area contributed by atoms with Crippen LogP contribution in [-0.4, -0.2) is 23.6 Å². The van der Waals surface area contributed by atoms with Crippen molar-refractivity contribution in [3.05, 3.63) is 63.0 Å². The molecule has 2 atom stereocenters. The molecule has 2 aromatic rings. The Morgan fingerprint density at radius 1 is 1.27 bits per heavy atom. The van der Waals surface area contributed by atoms with Crippen LogP contribution in [0.4, 0.5) is 5.00 Å². The minimum absolute atomic E-state index is 0.0136. The molecule has 1 heterocycles. The zero-order valence-electron chi connectivity index (χ0n) is 14.3. The fourth-order valence-corrected chi connectivity index (χ4v) is 4.11. The topological polar surface area (TPSA) is 108 Å². The summed E-state index contributed by atoms with van der Waals surface area (Å²) < 4.78 is 22.9. The molecule has 0 saturated heterocycles. The fourth-order valence-electron chi connectivity index (χ4n) is 2.02. The maximum Gasteiger partial charge on any atom is 0.324 e. The van der Waals surface area contributed by atoms with E-state index in [1.807, 2.05) is 30.3 Å². The zero-order valence-corrected chi connectivity index (χ0v) is 16.0. The third kappa shape index (κ3) is 6.34. The van der Waals surface area contributed by atoms with Gasteiger partial charge in [0.05, 0.1) is 11.5 Å². The maximum atomic E-state index is 12.4. The number of carbonyl (C=O) groups is 1. The van der Waals surface area contributed by atoms with Gasteiger partial charge in [0.2, 0.25) is 0 Å². The number of esters is 1. The number of nitrogens with one attached hydrogen (secondary N) is 1. The molecule has 2 rings (SSSR count). The quantitative estimate of drug-likeness (QED) is 0.297. The second-order valence-electron chi connectivity index (χ2n) is 5.56. The highest BCUT2D eigenvalue weighted by molar-refractivity contribution is 7.56. The Labute approximate surface area is 154 Å². The van der Waals surface area contributed by atoms with E-state index in [0.717, 1.165) is 16.9 Å². The number of carbonyl (C=O) groups excluding carboxylic acids is 1. The van der Waals surface area contributed by atoms with Gasteiger partial charge in [-0.15, -0.1) is 0 Å². The molecule has 0 fully saturated rings. The van der Waals surface area contributed by atoms with Gasteiger partial charge >= 0.3 is 11.0 Å². The Hall–Kier alpha value is -2.06. The van der Waals surface area contributed by atoms with Gasteiger partial charge < -0.3 is 9.26 Å². The van der Waals surface area contributed by atoms with E-state index in [1.54, 1.807) is 6.07 Å². The summed E-state index contributed by atoms with van der Waals surface area (Å²) in [4.78, 5) is 22.7. The SMILES string of the molecule is C[C@H](NP(C)(=O)OCc1ccc([N+](=O)[O-])s1)C(=O)OCc1ccccc1. The van der Waals surface area contributed by atoms with Gasteiger partial charge in [-0.3, -0.25) is 19.5 Å². The van der Waals surface area contributed by atoms with E-state index in [2.05, 4.69) is 5.09 Å². The minimum atomic E-state index is -3.29. The molecule has 0 bridgehead atoms. The Balaban J connectivity index is 1.81. The molecular weight excluding hydrogens is 379 g/mol. The molecule has 0 aliphatic rings. The molecule has 0 saturated carbocycles. The number of benzene rings is 1. The van der Waals surface area contributed by atoms with Crippen molar-refractivity contribution in [1.82, 2.24) is 5.09 Å². The van der Waals surface area contributed by atoms with Crippen molar-refractivity contribution in [2.75, 3.05) is 6.66 Å². The van der Waals surface area contributed by atoms with E-state index < -0.39 is 24.5 Å². The molecular formula is C16H19N2O6PS. The van der Waals surface area contributed by atoms with Crippen LogP contribution >= 0.6 is 18.9 Å². The monoisotopic (exact) mass is 398 g/mol. The average molecular weight is 398 g/mol. The van der Waals surface area contributed by atoms with Crippen LogP contribution in [0.1, 0.15) is 17.4 Å². The molecule has 1 unspecified atom stereocenters. The summed E-state index contributed by atoms with van der Waals surface area (Å²) in [5, 5.41) is 13.3. The molecule has 10 heteroatoms. The predicted octanol–water partition coefficient (Wildman–Crippen LogP) is 3.72. The van der Waals surface area contributed by atoms with Crippen LogP contribution in [-0.2, 0) is 31.8 Å². The summed E-state index contributed by atoms with van der Waals surface area (Å²) in [6, 6.07) is 11.3. The maximum absolute atomic E-state index is 12.4. The average Bonchev–Trinajstić information content (AvgIpc) is 3.08. The Morgan fingerprint density at radius 2 is 1.96 bits per heavy atom. The first-order valence-corrected chi connectivity index (χ1v) is 10.6. The van der Waals surface area contributed by atoms with Gasteiger partial charge in [-0.25, -0.2) is 5.09 Å². The zero-order chi connectivity index (χ0) is 19.2. The summed E-state index contributed by atoms with van der Waals surface area (Å²) >= 11 is 0.948. The first-order valence-electron chi connectivity index (χ1n) is 7.70. The summed E-state index contributed by atoms with van der Waals surface area (Å²) in [6.45, 7) is 2.95. The van der Waals surface area contributed by atoms with Gasteiger partial charge in [-0.05, 0) is 18.6 Å². The molecule has 1 aromatic carbocycles. The van der Waals surface area contributed by atoms with Gasteiger partial charge in [0.15, 0.2) is 0 Å². The van der Waals surface area contributed by atoms with Gasteiger partial charge in [0.1, 0.15) is 12.6 Å². The summed E-state index contributed by atoms with van der Waals surface area (Å²) in [5.41, 5.74) is 0.850. The lowest BCUT2D eigenvalue weighted by Gasteiger charge is -2.19. The fraction of sp³-hybridized carbons (Fsp3) is 0.312.